The highest BCUT2D eigenvalue weighted by molar-refractivity contribution is 5.82. The molecule has 1 aromatic carbocycles. The smallest absolute Gasteiger partial charge is 0.127 e. The van der Waals surface area contributed by atoms with E-state index in [1.165, 1.54) is 0 Å². The molecule has 1 aliphatic rings. The van der Waals surface area contributed by atoms with E-state index in [1.807, 2.05) is 62.2 Å². The van der Waals surface area contributed by atoms with Crippen LogP contribution in [0.15, 0.2) is 42.5 Å². The van der Waals surface area contributed by atoms with Gasteiger partial charge in [0.05, 0.1) is 11.4 Å². The molecule has 5 nitrogen and oxygen atoms in total. The molecule has 0 saturated carbocycles. The van der Waals surface area contributed by atoms with Gasteiger partial charge in [-0.05, 0) is 63.7 Å². The van der Waals surface area contributed by atoms with Crippen molar-refractivity contribution in [2.75, 3.05) is 27.2 Å². The molecule has 0 aliphatic carbocycles. The fourth-order valence-corrected chi connectivity index (χ4v) is 3.78. The first kappa shape index (κ1) is 20.4. The van der Waals surface area contributed by atoms with E-state index < -0.39 is 0 Å². The Morgan fingerprint density at radius 3 is 2.87 bits per heavy atom. The summed E-state index contributed by atoms with van der Waals surface area (Å²) in [4.78, 5) is 6.80. The highest BCUT2D eigenvalue weighted by Crippen LogP contribution is 2.36. The van der Waals surface area contributed by atoms with Crippen molar-refractivity contribution >= 4 is 6.20 Å². The van der Waals surface area contributed by atoms with Crippen LogP contribution in [0.4, 0.5) is 4.39 Å². The van der Waals surface area contributed by atoms with Crippen LogP contribution in [0.2, 0.25) is 0 Å². The lowest BCUT2D eigenvalue weighted by atomic mass is 9.96. The van der Waals surface area contributed by atoms with Crippen molar-refractivity contribution in [2.45, 2.75) is 26.3 Å². The number of hydrogen-bond donors (Lipinski definition) is 1. The molecule has 0 spiro atoms. The Morgan fingerprint density at radius 1 is 1.20 bits per heavy atom. The topological polar surface area (TPSA) is 46.0 Å². The Bertz CT molecular complexity index is 1070. The highest BCUT2D eigenvalue weighted by Gasteiger charge is 2.22. The Labute approximate surface area is 177 Å². The average molecular weight is 406 g/mol. The number of aryl methyl sites for hydroxylation is 1. The van der Waals surface area contributed by atoms with E-state index in [2.05, 4.69) is 16.3 Å². The molecule has 4 rings (SSSR count). The third kappa shape index (κ3) is 4.35. The van der Waals surface area contributed by atoms with Gasteiger partial charge in [0.25, 0.3) is 0 Å². The zero-order valence-electron chi connectivity index (χ0n) is 17.8. The number of nitrogens with zero attached hydrogens (tertiary/aromatic N) is 4. The Hall–Kier alpha value is -2.83. The summed E-state index contributed by atoms with van der Waals surface area (Å²) in [6.45, 7) is 4.19. The molecule has 0 bridgehead atoms. The summed E-state index contributed by atoms with van der Waals surface area (Å²) in [6.07, 6.45) is 6.01. The van der Waals surface area contributed by atoms with Crippen molar-refractivity contribution in [1.82, 2.24) is 25.0 Å². The molecule has 0 radical (unpaired) electrons. The van der Waals surface area contributed by atoms with Crippen molar-refractivity contribution in [3.63, 3.8) is 0 Å². The molecule has 0 fully saturated rings. The number of fused-ring (bicyclic) bond motifs is 1. The number of benzene rings is 1. The zero-order valence-corrected chi connectivity index (χ0v) is 17.8. The van der Waals surface area contributed by atoms with Gasteiger partial charge in [-0.25, -0.2) is 9.07 Å². The fraction of sp³-hybridized carbons (Fsp3) is 0.333. The van der Waals surface area contributed by atoms with Gasteiger partial charge < -0.3 is 10.2 Å². The minimum absolute atomic E-state index is 0.188. The van der Waals surface area contributed by atoms with E-state index >= 15 is 0 Å². The second-order valence-electron chi connectivity index (χ2n) is 7.99. The normalized spacial score (nSPS) is 13.1. The van der Waals surface area contributed by atoms with Gasteiger partial charge in [0, 0.05) is 42.7 Å². The van der Waals surface area contributed by atoms with Crippen LogP contribution in [0.25, 0.3) is 28.7 Å². The first-order valence-electron chi connectivity index (χ1n) is 10.4. The Balaban J connectivity index is 1.74. The maximum Gasteiger partial charge on any atom is 0.127 e. The average Bonchev–Trinajstić information content (AvgIpc) is 3.12. The predicted octanol–water partition coefficient (Wildman–Crippen LogP) is 4.13. The van der Waals surface area contributed by atoms with Crippen LogP contribution in [0, 0.1) is 12.7 Å². The number of hydrogen-bond acceptors (Lipinski definition) is 4. The van der Waals surface area contributed by atoms with Crippen LogP contribution in [0.3, 0.4) is 0 Å². The van der Waals surface area contributed by atoms with E-state index in [0.717, 1.165) is 59.8 Å². The van der Waals surface area contributed by atoms with Gasteiger partial charge in [-0.3, -0.25) is 4.98 Å². The summed E-state index contributed by atoms with van der Waals surface area (Å²) in [7, 11) is 4.06. The summed E-state index contributed by atoms with van der Waals surface area (Å²) in [5.74, 6) is -0.188. The lowest BCUT2D eigenvalue weighted by Gasteiger charge is -2.13. The van der Waals surface area contributed by atoms with E-state index in [1.54, 1.807) is 6.07 Å². The molecule has 2 aromatic heterocycles. The lowest BCUT2D eigenvalue weighted by molar-refractivity contribution is 0.399. The molecule has 3 heterocycles. The van der Waals surface area contributed by atoms with Gasteiger partial charge in [-0.15, -0.1) is 0 Å². The van der Waals surface area contributed by atoms with Crippen LogP contribution in [0.5, 0.6) is 0 Å². The van der Waals surface area contributed by atoms with E-state index in [-0.39, 0.29) is 5.82 Å². The van der Waals surface area contributed by atoms with Gasteiger partial charge in [-0.2, -0.15) is 5.10 Å². The molecular formula is C24H28FN5. The van der Waals surface area contributed by atoms with Gasteiger partial charge >= 0.3 is 0 Å². The Kier molecular flexibility index (Phi) is 6.06. The van der Waals surface area contributed by atoms with E-state index in [0.29, 0.717) is 12.1 Å². The molecule has 3 aromatic rings. The Morgan fingerprint density at radius 2 is 2.07 bits per heavy atom. The predicted molar refractivity (Wildman–Crippen MR) is 120 cm³/mol. The van der Waals surface area contributed by atoms with Crippen LogP contribution in [-0.2, 0) is 13.0 Å². The second-order valence-corrected chi connectivity index (χ2v) is 7.99. The van der Waals surface area contributed by atoms with Crippen molar-refractivity contribution in [1.29, 1.82) is 0 Å². The number of aromatic nitrogens is 3. The molecule has 0 amide bonds. The molecule has 0 atom stereocenters. The first-order valence-corrected chi connectivity index (χ1v) is 10.4. The van der Waals surface area contributed by atoms with Crippen molar-refractivity contribution in [2.24, 2.45) is 0 Å². The lowest BCUT2D eigenvalue weighted by Crippen LogP contribution is -2.26. The second kappa shape index (κ2) is 8.90. The van der Waals surface area contributed by atoms with Gasteiger partial charge in [-0.1, -0.05) is 18.2 Å². The minimum Gasteiger partial charge on any atom is -0.311 e. The van der Waals surface area contributed by atoms with Gasteiger partial charge in [0.2, 0.25) is 0 Å². The number of allylic oxidation sites excluding steroid dienone is 1. The molecule has 0 saturated heterocycles. The summed E-state index contributed by atoms with van der Waals surface area (Å²) in [5, 5.41) is 8.17. The zero-order chi connectivity index (χ0) is 21.1. The first-order chi connectivity index (χ1) is 14.5. The number of likely N-dealkylation sites (N-methyl/N-ethyl adjacent to an activating group) is 1. The quantitative estimate of drug-likeness (QED) is 0.601. The molecule has 1 aliphatic heterocycles. The molecule has 1 N–H and O–H groups in total. The summed E-state index contributed by atoms with van der Waals surface area (Å²) in [6, 6.07) is 11.3. The number of halogens is 1. The fourth-order valence-electron chi connectivity index (χ4n) is 3.78. The van der Waals surface area contributed by atoms with Crippen molar-refractivity contribution in [3.05, 3.63) is 65.2 Å². The number of pyridine rings is 1. The summed E-state index contributed by atoms with van der Waals surface area (Å²) in [5.41, 5.74) is 6.48. The summed E-state index contributed by atoms with van der Waals surface area (Å²) < 4.78 is 16.5. The van der Waals surface area contributed by atoms with Crippen molar-refractivity contribution in [3.8, 4) is 22.5 Å². The molecular weight excluding hydrogens is 377 g/mol. The standard InChI is InChI=1S/C24H28FN5/c1-17-7-6-8-21(27-17)24-23(22-9-4-5-13-30(22)28-24)18-10-11-20(25)19(15-18)16-26-12-14-29(2)3/h5-8,10-11,13,15,26H,4,9,12,14,16H2,1-3H3. The number of nitrogens with one attached hydrogen (secondary N) is 1. The van der Waals surface area contributed by atoms with Crippen molar-refractivity contribution < 1.29 is 4.39 Å². The SMILES string of the molecule is Cc1cccc(-c2nn3c(c2-c2ccc(F)c(CNCCN(C)C)c2)CCC=C3)n1. The van der Waals surface area contributed by atoms with Crippen LogP contribution in [0.1, 0.15) is 23.4 Å². The monoisotopic (exact) mass is 405 g/mol. The van der Waals surface area contributed by atoms with Crippen LogP contribution >= 0.6 is 0 Å². The molecule has 6 heteroatoms. The molecule has 0 unspecified atom stereocenters. The maximum atomic E-state index is 14.5. The van der Waals surface area contributed by atoms with Crippen LogP contribution in [-0.4, -0.2) is 46.8 Å². The molecule has 30 heavy (non-hydrogen) atoms. The van der Waals surface area contributed by atoms with Gasteiger partial charge in [0.1, 0.15) is 11.5 Å². The largest absolute Gasteiger partial charge is 0.311 e. The highest BCUT2D eigenvalue weighted by atomic mass is 19.1. The van der Waals surface area contributed by atoms with E-state index in [4.69, 9.17) is 10.1 Å². The van der Waals surface area contributed by atoms with Crippen LogP contribution < -0.4 is 5.32 Å². The van der Waals surface area contributed by atoms with Gasteiger partial charge in [0.15, 0.2) is 0 Å². The summed E-state index contributed by atoms with van der Waals surface area (Å²) >= 11 is 0. The maximum absolute atomic E-state index is 14.5. The third-order valence-corrected chi connectivity index (χ3v) is 5.32. The minimum atomic E-state index is -0.188. The molecule has 156 valence electrons. The van der Waals surface area contributed by atoms with E-state index in [9.17, 15) is 4.39 Å². The number of rotatable bonds is 7. The third-order valence-electron chi connectivity index (χ3n) is 5.32.